The fourth-order valence-corrected chi connectivity index (χ4v) is 4.12. The van der Waals surface area contributed by atoms with E-state index < -0.39 is 16.2 Å². The lowest BCUT2D eigenvalue weighted by molar-refractivity contribution is 0.0698. The van der Waals surface area contributed by atoms with Gasteiger partial charge >= 0.3 is 16.2 Å². The van der Waals surface area contributed by atoms with E-state index in [9.17, 15) is 13.2 Å². The van der Waals surface area contributed by atoms with Crippen molar-refractivity contribution in [2.75, 3.05) is 17.8 Å². The molecule has 1 fully saturated rings. The second-order valence-corrected chi connectivity index (χ2v) is 7.68. The third-order valence-electron chi connectivity index (χ3n) is 3.56. The highest BCUT2D eigenvalue weighted by molar-refractivity contribution is 9.10. The molecular formula is C13H17BrN2O4S. The first-order chi connectivity index (χ1) is 9.81. The molecule has 0 unspecified atom stereocenters. The Balaban J connectivity index is 2.27. The second-order valence-electron chi connectivity index (χ2n) is 5.16. The molecular weight excluding hydrogens is 360 g/mol. The fraction of sp³-hybridized carbons (Fsp3) is 0.462. The highest BCUT2D eigenvalue weighted by Crippen LogP contribution is 2.29. The average molecular weight is 377 g/mol. The van der Waals surface area contributed by atoms with E-state index in [4.69, 9.17) is 5.11 Å². The van der Waals surface area contributed by atoms with Crippen LogP contribution in [-0.2, 0) is 10.2 Å². The molecule has 116 valence electrons. The third kappa shape index (κ3) is 3.75. The molecule has 0 radical (unpaired) electrons. The van der Waals surface area contributed by atoms with Gasteiger partial charge in [0, 0.05) is 17.6 Å². The van der Waals surface area contributed by atoms with E-state index >= 15 is 0 Å². The Bertz CT molecular complexity index is 640. The highest BCUT2D eigenvalue weighted by atomic mass is 79.9. The van der Waals surface area contributed by atoms with Crippen LogP contribution in [0, 0.1) is 5.92 Å². The largest absolute Gasteiger partial charge is 0.478 e. The van der Waals surface area contributed by atoms with E-state index in [1.165, 1.54) is 10.4 Å². The van der Waals surface area contributed by atoms with Crippen LogP contribution in [0.25, 0.3) is 0 Å². The zero-order valence-electron chi connectivity index (χ0n) is 11.5. The number of para-hydroxylation sites is 1. The Morgan fingerprint density at radius 1 is 1.38 bits per heavy atom. The average Bonchev–Trinajstić information content (AvgIpc) is 2.41. The van der Waals surface area contributed by atoms with Gasteiger partial charge in [-0.2, -0.15) is 12.7 Å². The number of piperidine rings is 1. The van der Waals surface area contributed by atoms with Crippen LogP contribution in [0.4, 0.5) is 5.69 Å². The van der Waals surface area contributed by atoms with E-state index in [1.807, 2.05) is 0 Å². The molecule has 0 spiro atoms. The number of carboxylic acid groups (broad SMARTS) is 1. The molecule has 1 heterocycles. The number of hydrogen-bond donors (Lipinski definition) is 2. The van der Waals surface area contributed by atoms with Gasteiger partial charge in [0.05, 0.1) is 11.3 Å². The zero-order chi connectivity index (χ0) is 15.6. The Morgan fingerprint density at radius 3 is 2.57 bits per heavy atom. The molecule has 0 saturated carbocycles. The van der Waals surface area contributed by atoms with Gasteiger partial charge in [-0.1, -0.05) is 13.0 Å². The summed E-state index contributed by atoms with van der Waals surface area (Å²) >= 11 is 3.19. The summed E-state index contributed by atoms with van der Waals surface area (Å²) in [6.07, 6.45) is 1.62. The number of hydrogen-bond acceptors (Lipinski definition) is 3. The van der Waals surface area contributed by atoms with E-state index in [2.05, 4.69) is 27.6 Å². The molecule has 6 nitrogen and oxygen atoms in total. The monoisotopic (exact) mass is 376 g/mol. The van der Waals surface area contributed by atoms with Gasteiger partial charge in [-0.05, 0) is 46.8 Å². The van der Waals surface area contributed by atoms with Crippen molar-refractivity contribution in [2.45, 2.75) is 19.8 Å². The van der Waals surface area contributed by atoms with Gasteiger partial charge in [-0.3, -0.25) is 4.72 Å². The molecule has 2 N–H and O–H groups in total. The van der Waals surface area contributed by atoms with Gasteiger partial charge in [0.2, 0.25) is 0 Å². The number of nitrogens with zero attached hydrogens (tertiary/aromatic N) is 1. The van der Waals surface area contributed by atoms with Crippen LogP contribution < -0.4 is 4.72 Å². The summed E-state index contributed by atoms with van der Waals surface area (Å²) in [7, 11) is -3.75. The maximum atomic E-state index is 12.4. The summed E-state index contributed by atoms with van der Waals surface area (Å²) in [6, 6.07) is 4.51. The first-order valence-electron chi connectivity index (χ1n) is 6.61. The van der Waals surface area contributed by atoms with Crippen LogP contribution in [0.3, 0.4) is 0 Å². The lowest BCUT2D eigenvalue weighted by atomic mass is 10.0. The van der Waals surface area contributed by atoms with Gasteiger partial charge in [0.25, 0.3) is 0 Å². The summed E-state index contributed by atoms with van der Waals surface area (Å²) in [5.41, 5.74) is -0.0260. The van der Waals surface area contributed by atoms with Crippen LogP contribution in [-0.4, -0.2) is 36.9 Å². The van der Waals surface area contributed by atoms with E-state index in [1.54, 1.807) is 12.1 Å². The maximum absolute atomic E-state index is 12.4. The number of carbonyl (C=O) groups is 1. The van der Waals surface area contributed by atoms with Crippen molar-refractivity contribution in [3.63, 3.8) is 0 Å². The Hall–Kier alpha value is -1.12. The minimum atomic E-state index is -3.75. The van der Waals surface area contributed by atoms with Crippen molar-refractivity contribution >= 4 is 37.8 Å². The molecule has 1 saturated heterocycles. The number of aromatic carboxylic acids is 1. The van der Waals surface area contributed by atoms with Gasteiger partial charge < -0.3 is 5.11 Å². The molecule has 1 aliphatic heterocycles. The number of halogens is 1. The maximum Gasteiger partial charge on any atom is 0.337 e. The van der Waals surface area contributed by atoms with Crippen molar-refractivity contribution in [1.82, 2.24) is 4.31 Å². The number of nitrogens with one attached hydrogen (secondary N) is 1. The molecule has 0 amide bonds. The topological polar surface area (TPSA) is 86.7 Å². The van der Waals surface area contributed by atoms with Gasteiger partial charge in [0.1, 0.15) is 0 Å². The SMILES string of the molecule is CC1CCN(S(=O)(=O)Nc2c(Br)cccc2C(=O)O)CC1. The van der Waals surface area contributed by atoms with E-state index in [0.29, 0.717) is 23.5 Å². The Labute approximate surface area is 132 Å². The Morgan fingerprint density at radius 2 is 2.00 bits per heavy atom. The molecule has 8 heteroatoms. The molecule has 1 aliphatic rings. The molecule has 0 bridgehead atoms. The molecule has 1 aromatic rings. The van der Waals surface area contributed by atoms with Crippen molar-refractivity contribution < 1.29 is 18.3 Å². The van der Waals surface area contributed by atoms with Crippen LogP contribution in [0.15, 0.2) is 22.7 Å². The van der Waals surface area contributed by atoms with Crippen molar-refractivity contribution in [3.8, 4) is 0 Å². The minimum Gasteiger partial charge on any atom is -0.478 e. The summed E-state index contributed by atoms with van der Waals surface area (Å²) in [5.74, 6) is -0.671. The van der Waals surface area contributed by atoms with Crippen molar-refractivity contribution in [2.24, 2.45) is 5.92 Å². The van der Waals surface area contributed by atoms with E-state index in [0.717, 1.165) is 12.8 Å². The molecule has 21 heavy (non-hydrogen) atoms. The standard InChI is InChI=1S/C13H17BrN2O4S/c1-9-5-7-16(8-6-9)21(19,20)15-12-10(13(17)18)3-2-4-11(12)14/h2-4,9,15H,5-8H2,1H3,(H,17,18). The predicted molar refractivity (Wildman–Crippen MR) is 83.6 cm³/mol. The lowest BCUT2D eigenvalue weighted by Gasteiger charge is -2.29. The van der Waals surface area contributed by atoms with Crippen molar-refractivity contribution in [3.05, 3.63) is 28.2 Å². The summed E-state index contributed by atoms with van der Waals surface area (Å²) in [5, 5.41) is 9.16. The number of benzene rings is 1. The van der Waals surface area contributed by atoms with Gasteiger partial charge in [-0.25, -0.2) is 4.79 Å². The lowest BCUT2D eigenvalue weighted by Crippen LogP contribution is -2.41. The number of carboxylic acids is 1. The number of rotatable bonds is 4. The van der Waals surface area contributed by atoms with Gasteiger partial charge in [0.15, 0.2) is 0 Å². The summed E-state index contributed by atoms with van der Waals surface area (Å²) in [4.78, 5) is 11.2. The van der Waals surface area contributed by atoms with Crippen LogP contribution in [0.1, 0.15) is 30.1 Å². The normalized spacial score (nSPS) is 17.6. The van der Waals surface area contributed by atoms with Crippen LogP contribution >= 0.6 is 15.9 Å². The number of anilines is 1. The molecule has 0 aromatic heterocycles. The molecule has 2 rings (SSSR count). The summed E-state index contributed by atoms with van der Waals surface area (Å²) in [6.45, 7) is 2.99. The Kier molecular flexibility index (Phi) is 4.90. The molecule has 1 aromatic carbocycles. The first kappa shape index (κ1) is 16.3. The second kappa shape index (κ2) is 6.33. The summed E-state index contributed by atoms with van der Waals surface area (Å²) < 4.78 is 28.9. The van der Waals surface area contributed by atoms with Crippen molar-refractivity contribution in [1.29, 1.82) is 0 Å². The van der Waals surface area contributed by atoms with Crippen LogP contribution in [0.5, 0.6) is 0 Å². The van der Waals surface area contributed by atoms with E-state index in [-0.39, 0.29) is 11.3 Å². The van der Waals surface area contributed by atoms with Crippen LogP contribution in [0.2, 0.25) is 0 Å². The predicted octanol–water partition coefficient (Wildman–Crippen LogP) is 2.54. The third-order valence-corrected chi connectivity index (χ3v) is 5.73. The minimum absolute atomic E-state index is 0.0589. The van der Waals surface area contributed by atoms with Gasteiger partial charge in [-0.15, -0.1) is 0 Å². The quantitative estimate of drug-likeness (QED) is 0.844. The molecule has 0 aliphatic carbocycles. The molecule has 0 atom stereocenters. The first-order valence-corrected chi connectivity index (χ1v) is 8.84. The smallest absolute Gasteiger partial charge is 0.337 e. The highest BCUT2D eigenvalue weighted by Gasteiger charge is 2.28. The fourth-order valence-electron chi connectivity index (χ4n) is 2.22. The zero-order valence-corrected chi connectivity index (χ0v) is 13.9.